The van der Waals surface area contributed by atoms with Crippen LogP contribution < -0.4 is 24.8 Å². The fourth-order valence-electron chi connectivity index (χ4n) is 5.38. The summed E-state index contributed by atoms with van der Waals surface area (Å²) in [4.78, 5) is 29.9. The SMILES string of the molecule is COc1ccccc1CNC(=O)CN1C[C@@H]2NC(=O)CN(C)Cc3ccc(OC)c(c3)Oc3cccc(c3)CO[C@H]2C1. The standard InChI is InChI=1S/C32H38N4O6/c1-35-16-22-11-12-28(40-3)29(14-22)42-25-9-6-7-23(13-25)21-41-30-18-36(17-26(30)34-32(38)19-35)20-31(37)33-15-24-8-4-5-10-27(24)39-2/h4-14,26,30H,15-21H2,1-3H3,(H,33,37)(H,34,38)/t26-,30-/m0/s1. The molecule has 0 aromatic heterocycles. The maximum atomic E-state index is 13.1. The summed E-state index contributed by atoms with van der Waals surface area (Å²) in [5.74, 6) is 2.44. The molecule has 2 amide bonds. The Hall–Kier alpha value is -4.12. The number of amides is 2. The fourth-order valence-corrected chi connectivity index (χ4v) is 5.38. The smallest absolute Gasteiger partial charge is 0.234 e. The third kappa shape index (κ3) is 7.58. The molecule has 1 saturated heterocycles. The Morgan fingerprint density at radius 1 is 0.976 bits per heavy atom. The minimum atomic E-state index is -0.286. The van der Waals surface area contributed by atoms with Gasteiger partial charge in [-0.3, -0.25) is 19.4 Å². The molecule has 0 radical (unpaired) electrons. The molecule has 2 atom stereocenters. The number of para-hydroxylation sites is 1. The molecule has 10 heteroatoms. The fraction of sp³-hybridized carbons (Fsp3) is 0.375. The molecule has 2 aliphatic heterocycles. The van der Waals surface area contributed by atoms with Crippen LogP contribution in [0.3, 0.4) is 0 Å². The maximum absolute atomic E-state index is 13.1. The summed E-state index contributed by atoms with van der Waals surface area (Å²) in [7, 11) is 5.13. The van der Waals surface area contributed by atoms with Gasteiger partial charge in [0.1, 0.15) is 11.5 Å². The molecule has 3 aromatic rings. The molecule has 5 rings (SSSR count). The first-order valence-corrected chi connectivity index (χ1v) is 14.0. The number of carbonyl (C=O) groups is 2. The second-order valence-electron chi connectivity index (χ2n) is 10.7. The van der Waals surface area contributed by atoms with E-state index in [1.165, 1.54) is 0 Å². The minimum Gasteiger partial charge on any atom is -0.496 e. The van der Waals surface area contributed by atoms with Crippen molar-refractivity contribution in [2.75, 3.05) is 47.4 Å². The molecule has 42 heavy (non-hydrogen) atoms. The highest BCUT2D eigenvalue weighted by Gasteiger charge is 2.35. The molecule has 2 N–H and O–H groups in total. The predicted octanol–water partition coefficient (Wildman–Crippen LogP) is 2.94. The number of likely N-dealkylation sites (N-methyl/N-ethyl adjacent to an activating group) is 1. The summed E-state index contributed by atoms with van der Waals surface area (Å²) in [5.41, 5.74) is 2.84. The van der Waals surface area contributed by atoms with Gasteiger partial charge in [0.15, 0.2) is 11.5 Å². The first-order valence-electron chi connectivity index (χ1n) is 14.0. The molecule has 4 bridgehead atoms. The number of carbonyl (C=O) groups excluding carboxylic acids is 2. The second-order valence-corrected chi connectivity index (χ2v) is 10.7. The number of nitrogens with zero attached hydrogens (tertiary/aromatic N) is 2. The van der Waals surface area contributed by atoms with Crippen LogP contribution in [0.15, 0.2) is 66.7 Å². The first-order chi connectivity index (χ1) is 20.4. The van der Waals surface area contributed by atoms with Crippen molar-refractivity contribution in [3.05, 3.63) is 83.4 Å². The van der Waals surface area contributed by atoms with Crippen LogP contribution in [-0.2, 0) is 34.0 Å². The molecule has 3 aromatic carbocycles. The number of methoxy groups -OCH3 is 2. The monoisotopic (exact) mass is 574 g/mol. The van der Waals surface area contributed by atoms with Crippen LogP contribution in [0.4, 0.5) is 0 Å². The normalized spacial score (nSPS) is 19.7. The highest BCUT2D eigenvalue weighted by atomic mass is 16.5. The zero-order valence-electron chi connectivity index (χ0n) is 24.3. The number of ether oxygens (including phenoxy) is 4. The predicted molar refractivity (Wildman–Crippen MR) is 158 cm³/mol. The molecule has 222 valence electrons. The summed E-state index contributed by atoms with van der Waals surface area (Å²) < 4.78 is 23.5. The molecular weight excluding hydrogens is 536 g/mol. The second kappa shape index (κ2) is 13.7. The Balaban J connectivity index is 1.28. The maximum Gasteiger partial charge on any atom is 0.234 e. The lowest BCUT2D eigenvalue weighted by Crippen LogP contribution is -2.47. The molecular formula is C32H38N4O6. The summed E-state index contributed by atoms with van der Waals surface area (Å²) in [6, 6.07) is 20.9. The van der Waals surface area contributed by atoms with Crippen molar-refractivity contribution in [1.82, 2.24) is 20.4 Å². The van der Waals surface area contributed by atoms with Gasteiger partial charge in [0, 0.05) is 31.7 Å². The average molecular weight is 575 g/mol. The Labute approximate surface area is 246 Å². The van der Waals surface area contributed by atoms with Gasteiger partial charge in [0.25, 0.3) is 0 Å². The summed E-state index contributed by atoms with van der Waals surface area (Å²) in [5, 5.41) is 6.14. The van der Waals surface area contributed by atoms with E-state index >= 15 is 0 Å². The zero-order valence-corrected chi connectivity index (χ0v) is 24.3. The third-order valence-electron chi connectivity index (χ3n) is 7.41. The first kappa shape index (κ1) is 29.4. The highest BCUT2D eigenvalue weighted by molar-refractivity contribution is 5.79. The van der Waals surface area contributed by atoms with E-state index in [9.17, 15) is 9.59 Å². The van der Waals surface area contributed by atoms with Gasteiger partial charge in [0.2, 0.25) is 11.8 Å². The van der Waals surface area contributed by atoms with Crippen LogP contribution in [0.25, 0.3) is 0 Å². The molecule has 1 fully saturated rings. The third-order valence-corrected chi connectivity index (χ3v) is 7.41. The Morgan fingerprint density at radius 2 is 1.81 bits per heavy atom. The van der Waals surface area contributed by atoms with E-state index in [-0.39, 0.29) is 37.0 Å². The van der Waals surface area contributed by atoms with Gasteiger partial charge >= 0.3 is 0 Å². The van der Waals surface area contributed by atoms with E-state index in [1.54, 1.807) is 14.2 Å². The van der Waals surface area contributed by atoms with Gasteiger partial charge in [-0.15, -0.1) is 0 Å². The lowest BCUT2D eigenvalue weighted by Gasteiger charge is -2.23. The van der Waals surface area contributed by atoms with Crippen molar-refractivity contribution in [1.29, 1.82) is 0 Å². The van der Waals surface area contributed by atoms with Crippen LogP contribution in [0.5, 0.6) is 23.0 Å². The van der Waals surface area contributed by atoms with Gasteiger partial charge < -0.3 is 29.6 Å². The van der Waals surface area contributed by atoms with Gasteiger partial charge in [0.05, 0.1) is 46.1 Å². The number of likely N-dealkylation sites (tertiary alicyclic amines) is 1. The molecule has 0 spiro atoms. The van der Waals surface area contributed by atoms with Crippen molar-refractivity contribution >= 4 is 11.8 Å². The lowest BCUT2D eigenvalue weighted by molar-refractivity contribution is -0.123. The van der Waals surface area contributed by atoms with Crippen molar-refractivity contribution < 1.29 is 28.5 Å². The quantitative estimate of drug-likeness (QED) is 0.464. The van der Waals surface area contributed by atoms with Crippen LogP contribution in [0, 0.1) is 0 Å². The topological polar surface area (TPSA) is 102 Å². The zero-order chi connectivity index (χ0) is 29.5. The molecule has 0 unspecified atom stereocenters. The molecule has 0 aliphatic carbocycles. The van der Waals surface area contributed by atoms with Gasteiger partial charge in [-0.2, -0.15) is 0 Å². The van der Waals surface area contributed by atoms with Gasteiger partial charge in [-0.1, -0.05) is 36.4 Å². The number of rotatable bonds is 6. The molecule has 2 aliphatic rings. The molecule has 0 saturated carbocycles. The summed E-state index contributed by atoms with van der Waals surface area (Å²) in [6.07, 6.45) is -0.286. The number of hydrogen-bond donors (Lipinski definition) is 2. The minimum absolute atomic E-state index is 0.0994. The molecule has 10 nitrogen and oxygen atoms in total. The Kier molecular flexibility index (Phi) is 9.58. The Bertz CT molecular complexity index is 1400. The van der Waals surface area contributed by atoms with E-state index in [0.717, 1.165) is 22.4 Å². The number of hydrogen-bond acceptors (Lipinski definition) is 8. The number of benzene rings is 3. The van der Waals surface area contributed by atoms with Crippen LogP contribution in [0.1, 0.15) is 16.7 Å². The van der Waals surface area contributed by atoms with Gasteiger partial charge in [-0.05, 0) is 48.5 Å². The summed E-state index contributed by atoms with van der Waals surface area (Å²) >= 11 is 0. The van der Waals surface area contributed by atoms with Crippen LogP contribution in [-0.4, -0.2) is 81.2 Å². The van der Waals surface area contributed by atoms with E-state index in [1.807, 2.05) is 83.6 Å². The highest BCUT2D eigenvalue weighted by Crippen LogP contribution is 2.33. The van der Waals surface area contributed by atoms with Crippen molar-refractivity contribution in [3.8, 4) is 23.0 Å². The van der Waals surface area contributed by atoms with Crippen molar-refractivity contribution in [2.45, 2.75) is 31.8 Å². The van der Waals surface area contributed by atoms with E-state index < -0.39 is 0 Å². The van der Waals surface area contributed by atoms with E-state index in [4.69, 9.17) is 18.9 Å². The summed E-state index contributed by atoms with van der Waals surface area (Å²) in [6.45, 7) is 2.69. The lowest BCUT2D eigenvalue weighted by atomic mass is 10.1. The molecule has 2 heterocycles. The van der Waals surface area contributed by atoms with Gasteiger partial charge in [-0.25, -0.2) is 0 Å². The van der Waals surface area contributed by atoms with Crippen molar-refractivity contribution in [2.24, 2.45) is 0 Å². The average Bonchev–Trinajstić information content (AvgIpc) is 3.35. The number of fused-ring (bicyclic) bond motifs is 5. The van der Waals surface area contributed by atoms with E-state index in [0.29, 0.717) is 50.0 Å². The van der Waals surface area contributed by atoms with E-state index in [2.05, 4.69) is 10.6 Å². The largest absolute Gasteiger partial charge is 0.496 e. The number of nitrogens with one attached hydrogen (secondary N) is 2. The Morgan fingerprint density at radius 3 is 2.64 bits per heavy atom. The van der Waals surface area contributed by atoms with Crippen LogP contribution >= 0.6 is 0 Å². The van der Waals surface area contributed by atoms with Crippen LogP contribution in [0.2, 0.25) is 0 Å². The van der Waals surface area contributed by atoms with Crippen molar-refractivity contribution in [3.63, 3.8) is 0 Å².